The minimum absolute atomic E-state index is 0.712. The second-order valence-corrected chi connectivity index (χ2v) is 5.21. The fourth-order valence-electron chi connectivity index (χ4n) is 1.48. The molecule has 17 heavy (non-hydrogen) atoms. The molecule has 0 saturated carbocycles. The molecule has 0 spiro atoms. The molecular weight excluding hydrogens is 346 g/mol. The predicted molar refractivity (Wildman–Crippen MR) is 76.2 cm³/mol. The van der Waals surface area contributed by atoms with E-state index in [0.29, 0.717) is 6.42 Å². The summed E-state index contributed by atoms with van der Waals surface area (Å²) in [6, 6.07) is 8.09. The van der Waals surface area contributed by atoms with Gasteiger partial charge >= 0.3 is 0 Å². The van der Waals surface area contributed by atoms with E-state index in [1.807, 2.05) is 25.2 Å². The van der Waals surface area contributed by atoms with Gasteiger partial charge in [-0.2, -0.15) is 0 Å². The molecule has 1 aromatic heterocycles. The largest absolute Gasteiger partial charge is 0.372 e. The lowest BCUT2D eigenvalue weighted by atomic mass is 10.1. The highest BCUT2D eigenvalue weighted by Crippen LogP contribution is 2.21. The van der Waals surface area contributed by atoms with E-state index in [1.54, 1.807) is 6.20 Å². The van der Waals surface area contributed by atoms with Crippen molar-refractivity contribution in [3.8, 4) is 0 Å². The van der Waals surface area contributed by atoms with Crippen molar-refractivity contribution in [1.29, 1.82) is 0 Å². The van der Waals surface area contributed by atoms with Gasteiger partial charge in [0.2, 0.25) is 0 Å². The Labute approximate surface area is 117 Å². The van der Waals surface area contributed by atoms with Crippen LogP contribution in [0.4, 0.5) is 5.82 Å². The molecule has 2 aromatic rings. The first-order valence-corrected chi connectivity index (χ1v) is 6.72. The molecule has 0 bridgehead atoms. The summed E-state index contributed by atoms with van der Waals surface area (Å²) in [5.74, 6) is 1.60. The van der Waals surface area contributed by atoms with E-state index in [2.05, 4.69) is 53.2 Å². The lowest BCUT2D eigenvalue weighted by Crippen LogP contribution is -2.01. The van der Waals surface area contributed by atoms with Crippen molar-refractivity contribution in [2.24, 2.45) is 0 Å². The number of benzene rings is 1. The summed E-state index contributed by atoms with van der Waals surface area (Å²) in [4.78, 5) is 8.74. The maximum atomic E-state index is 4.44. The van der Waals surface area contributed by atoms with Gasteiger partial charge in [0, 0.05) is 24.1 Å². The van der Waals surface area contributed by atoms with Crippen molar-refractivity contribution in [3.05, 3.63) is 50.8 Å². The Kier molecular flexibility index (Phi) is 4.12. The molecule has 0 aliphatic carbocycles. The van der Waals surface area contributed by atoms with E-state index in [-0.39, 0.29) is 0 Å². The molecule has 0 unspecified atom stereocenters. The van der Waals surface area contributed by atoms with Crippen LogP contribution >= 0.6 is 31.9 Å². The van der Waals surface area contributed by atoms with Gasteiger partial charge in [-0.15, -0.1) is 0 Å². The third-order valence-corrected chi connectivity index (χ3v) is 3.69. The van der Waals surface area contributed by atoms with Gasteiger partial charge in [0.25, 0.3) is 0 Å². The van der Waals surface area contributed by atoms with E-state index >= 15 is 0 Å². The number of nitrogens with zero attached hydrogens (tertiary/aromatic N) is 2. The number of halogens is 2. The molecule has 0 aliphatic rings. The zero-order valence-electron chi connectivity index (χ0n) is 9.24. The molecule has 0 atom stereocenters. The van der Waals surface area contributed by atoms with Gasteiger partial charge < -0.3 is 5.32 Å². The highest BCUT2D eigenvalue weighted by atomic mass is 79.9. The van der Waals surface area contributed by atoms with Crippen LogP contribution in [0.5, 0.6) is 0 Å². The topological polar surface area (TPSA) is 37.8 Å². The maximum Gasteiger partial charge on any atom is 0.143 e. The maximum absolute atomic E-state index is 4.44. The molecule has 0 fully saturated rings. The van der Waals surface area contributed by atoms with Gasteiger partial charge in [-0.3, -0.25) is 0 Å². The summed E-state index contributed by atoms with van der Waals surface area (Å²) < 4.78 is 1.95. The molecule has 0 amide bonds. The fourth-order valence-corrected chi connectivity index (χ4v) is 2.29. The minimum Gasteiger partial charge on any atom is -0.372 e. The van der Waals surface area contributed by atoms with E-state index in [9.17, 15) is 0 Å². The van der Waals surface area contributed by atoms with Crippen molar-refractivity contribution in [2.75, 3.05) is 12.4 Å². The highest BCUT2D eigenvalue weighted by Gasteiger charge is 2.06. The first-order chi connectivity index (χ1) is 8.20. The van der Waals surface area contributed by atoms with E-state index in [0.717, 1.165) is 20.6 Å². The molecule has 1 aromatic carbocycles. The van der Waals surface area contributed by atoms with Crippen molar-refractivity contribution in [2.45, 2.75) is 6.42 Å². The normalized spacial score (nSPS) is 10.3. The lowest BCUT2D eigenvalue weighted by molar-refractivity contribution is 0.960. The van der Waals surface area contributed by atoms with Crippen molar-refractivity contribution in [3.63, 3.8) is 0 Å². The number of rotatable bonds is 3. The average molecular weight is 357 g/mol. The molecule has 0 saturated heterocycles. The first-order valence-electron chi connectivity index (χ1n) is 5.13. The zero-order chi connectivity index (χ0) is 12.3. The smallest absolute Gasteiger partial charge is 0.143 e. The fraction of sp³-hybridized carbons (Fsp3) is 0.167. The Morgan fingerprint density at radius 3 is 2.65 bits per heavy atom. The van der Waals surface area contributed by atoms with Crippen LogP contribution in [0.1, 0.15) is 11.4 Å². The Morgan fingerprint density at radius 1 is 1.18 bits per heavy atom. The van der Waals surface area contributed by atoms with Crippen molar-refractivity contribution < 1.29 is 0 Å². The van der Waals surface area contributed by atoms with Crippen LogP contribution in [0.2, 0.25) is 0 Å². The number of anilines is 1. The number of nitrogens with one attached hydrogen (secondary N) is 1. The molecule has 0 aliphatic heterocycles. The minimum atomic E-state index is 0.712. The second-order valence-electron chi connectivity index (χ2n) is 3.50. The standard InChI is InChI=1S/C12H11Br2N3/c1-15-12-10(14)7-16-11(17-12)6-8-4-2-3-5-9(8)13/h2-5,7H,6H2,1H3,(H,15,16,17). The summed E-state index contributed by atoms with van der Waals surface area (Å²) in [7, 11) is 1.84. The molecule has 1 N–H and O–H groups in total. The number of hydrogen-bond donors (Lipinski definition) is 1. The third-order valence-electron chi connectivity index (χ3n) is 2.34. The van der Waals surface area contributed by atoms with Gasteiger partial charge in [-0.1, -0.05) is 34.1 Å². The first kappa shape index (κ1) is 12.5. The summed E-state index contributed by atoms with van der Waals surface area (Å²) in [6.45, 7) is 0. The summed E-state index contributed by atoms with van der Waals surface area (Å²) >= 11 is 6.92. The summed E-state index contributed by atoms with van der Waals surface area (Å²) in [6.07, 6.45) is 2.48. The van der Waals surface area contributed by atoms with Crippen LogP contribution in [-0.2, 0) is 6.42 Å². The van der Waals surface area contributed by atoms with Crippen LogP contribution < -0.4 is 5.32 Å². The second kappa shape index (κ2) is 5.60. The molecule has 1 heterocycles. The quantitative estimate of drug-likeness (QED) is 0.912. The number of aromatic nitrogens is 2. The van der Waals surface area contributed by atoms with Gasteiger partial charge in [0.1, 0.15) is 11.6 Å². The Bertz CT molecular complexity index is 529. The third kappa shape index (κ3) is 3.04. The lowest BCUT2D eigenvalue weighted by Gasteiger charge is -2.06. The monoisotopic (exact) mass is 355 g/mol. The van der Waals surface area contributed by atoms with Gasteiger partial charge in [0.05, 0.1) is 4.47 Å². The molecule has 5 heteroatoms. The van der Waals surface area contributed by atoms with Crippen LogP contribution in [0, 0.1) is 0 Å². The Hall–Kier alpha value is -0.940. The van der Waals surface area contributed by atoms with Crippen LogP contribution in [0.15, 0.2) is 39.4 Å². The molecule has 2 rings (SSSR count). The van der Waals surface area contributed by atoms with Gasteiger partial charge in [-0.25, -0.2) is 9.97 Å². The molecule has 3 nitrogen and oxygen atoms in total. The summed E-state index contributed by atoms with van der Waals surface area (Å²) in [5.41, 5.74) is 1.18. The van der Waals surface area contributed by atoms with Crippen LogP contribution in [-0.4, -0.2) is 17.0 Å². The summed E-state index contributed by atoms with van der Waals surface area (Å²) in [5, 5.41) is 3.03. The zero-order valence-corrected chi connectivity index (χ0v) is 12.4. The number of hydrogen-bond acceptors (Lipinski definition) is 3. The average Bonchev–Trinajstić information content (AvgIpc) is 2.34. The van der Waals surface area contributed by atoms with Crippen molar-refractivity contribution >= 4 is 37.7 Å². The van der Waals surface area contributed by atoms with Crippen LogP contribution in [0.25, 0.3) is 0 Å². The van der Waals surface area contributed by atoms with Crippen LogP contribution in [0.3, 0.4) is 0 Å². The van der Waals surface area contributed by atoms with Gasteiger partial charge in [0.15, 0.2) is 0 Å². The Balaban J connectivity index is 2.28. The van der Waals surface area contributed by atoms with E-state index in [4.69, 9.17) is 0 Å². The predicted octanol–water partition coefficient (Wildman–Crippen LogP) is 3.63. The highest BCUT2D eigenvalue weighted by molar-refractivity contribution is 9.10. The van der Waals surface area contributed by atoms with Gasteiger partial charge in [-0.05, 0) is 27.6 Å². The Morgan fingerprint density at radius 2 is 1.94 bits per heavy atom. The molecule has 88 valence electrons. The molecular formula is C12H11Br2N3. The van der Waals surface area contributed by atoms with E-state index < -0.39 is 0 Å². The van der Waals surface area contributed by atoms with E-state index in [1.165, 1.54) is 5.56 Å². The molecule has 0 radical (unpaired) electrons. The van der Waals surface area contributed by atoms with Crippen molar-refractivity contribution in [1.82, 2.24) is 9.97 Å². The SMILES string of the molecule is CNc1nc(Cc2ccccc2Br)ncc1Br.